The maximum absolute atomic E-state index is 12.8. The summed E-state index contributed by atoms with van der Waals surface area (Å²) in [5.74, 6) is 1.21. The highest BCUT2D eigenvalue weighted by molar-refractivity contribution is 7.98. The van der Waals surface area contributed by atoms with Gasteiger partial charge < -0.3 is 24.6 Å². The minimum Gasteiger partial charge on any atom is -0.378 e. The number of ether oxygens (including phenoxy) is 2. The Morgan fingerprint density at radius 3 is 2.38 bits per heavy atom. The summed E-state index contributed by atoms with van der Waals surface area (Å²) in [5.41, 5.74) is 2.66. The van der Waals surface area contributed by atoms with Gasteiger partial charge in [-0.25, -0.2) is 19.1 Å². The normalized spacial score (nSPS) is 15.8. The van der Waals surface area contributed by atoms with Crippen LogP contribution in [0.1, 0.15) is 0 Å². The molecule has 13 heteroatoms. The van der Waals surface area contributed by atoms with E-state index in [9.17, 15) is 9.59 Å². The number of thiol groups is 1. The predicted molar refractivity (Wildman–Crippen MR) is 157 cm³/mol. The van der Waals surface area contributed by atoms with E-state index in [1.54, 1.807) is 41.3 Å². The molecule has 0 bridgehead atoms. The number of thioether (sulfide) groups is 1. The minimum atomic E-state index is -0.431. The van der Waals surface area contributed by atoms with E-state index >= 15 is 0 Å². The lowest BCUT2D eigenvalue weighted by Crippen LogP contribution is -2.41. The second-order valence-corrected chi connectivity index (χ2v) is 10.3. The van der Waals surface area contributed by atoms with Gasteiger partial charge in [0.2, 0.25) is 0 Å². The summed E-state index contributed by atoms with van der Waals surface area (Å²) in [6.45, 7) is 3.80. The molecule has 204 valence electrons. The number of rotatable bonds is 6. The number of morpholine rings is 2. The molecule has 2 aliphatic rings. The molecule has 5 rings (SSSR count). The van der Waals surface area contributed by atoms with Crippen LogP contribution in [0.4, 0.5) is 27.7 Å². The molecule has 0 atom stereocenters. The second-order valence-electron chi connectivity index (χ2n) is 8.73. The van der Waals surface area contributed by atoms with E-state index in [1.165, 1.54) is 16.1 Å². The number of benzene rings is 2. The zero-order valence-corrected chi connectivity index (χ0v) is 23.6. The molecule has 2 aliphatic heterocycles. The summed E-state index contributed by atoms with van der Waals surface area (Å²) in [6, 6.07) is 13.8. The lowest BCUT2D eigenvalue weighted by atomic mass is 10.2. The summed E-state index contributed by atoms with van der Waals surface area (Å²) < 4.78 is 11.9. The van der Waals surface area contributed by atoms with Gasteiger partial charge in [-0.2, -0.15) is 0 Å². The van der Waals surface area contributed by atoms with Crippen molar-refractivity contribution in [2.24, 2.45) is 0 Å². The number of hydrogen-bond acceptors (Lipinski definition) is 9. The van der Waals surface area contributed by atoms with Crippen LogP contribution in [-0.4, -0.2) is 74.2 Å². The van der Waals surface area contributed by atoms with E-state index in [0.717, 1.165) is 35.1 Å². The number of nitrogens with zero attached hydrogens (tertiary/aromatic N) is 5. The first-order valence-corrected chi connectivity index (χ1v) is 14.3. The van der Waals surface area contributed by atoms with Crippen LogP contribution in [0, 0.1) is 0 Å². The zero-order chi connectivity index (χ0) is 27.4. The summed E-state index contributed by atoms with van der Waals surface area (Å²) >= 11 is 12.4. The molecule has 1 aromatic heterocycles. The van der Waals surface area contributed by atoms with Crippen molar-refractivity contribution in [3.63, 3.8) is 0 Å². The predicted octanol–water partition coefficient (Wildman–Crippen LogP) is 4.60. The Bertz CT molecular complexity index is 1340. The molecular formula is C26H27ClN6O4S2. The molecule has 2 fully saturated rings. The maximum atomic E-state index is 12.8. The zero-order valence-electron chi connectivity index (χ0n) is 21.2. The molecule has 1 N–H and O–H groups in total. The highest BCUT2D eigenvalue weighted by atomic mass is 35.5. The van der Waals surface area contributed by atoms with Crippen LogP contribution >= 0.6 is 36.2 Å². The Morgan fingerprint density at radius 1 is 1.03 bits per heavy atom. The lowest BCUT2D eigenvalue weighted by Gasteiger charge is -2.29. The molecule has 0 saturated carbocycles. The quantitative estimate of drug-likeness (QED) is 0.246. The molecule has 0 aliphatic carbocycles. The van der Waals surface area contributed by atoms with Crippen molar-refractivity contribution in [2.45, 2.75) is 4.90 Å². The summed E-state index contributed by atoms with van der Waals surface area (Å²) in [4.78, 5) is 38.9. The highest BCUT2D eigenvalue weighted by Gasteiger charge is 2.22. The third-order valence-corrected chi connectivity index (χ3v) is 7.88. The Kier molecular flexibility index (Phi) is 8.78. The fraction of sp³-hybridized carbons (Fsp3) is 0.308. The molecule has 2 aromatic carbocycles. The molecule has 3 amide bonds. The van der Waals surface area contributed by atoms with Crippen molar-refractivity contribution in [2.75, 3.05) is 71.7 Å². The molecule has 3 heterocycles. The fourth-order valence-corrected chi connectivity index (χ4v) is 5.42. The molecular weight excluding hydrogens is 560 g/mol. The van der Waals surface area contributed by atoms with E-state index in [2.05, 4.69) is 28.0 Å². The van der Waals surface area contributed by atoms with Crippen LogP contribution in [0.2, 0.25) is 5.15 Å². The van der Waals surface area contributed by atoms with Gasteiger partial charge in [-0.15, -0.1) is 11.8 Å². The van der Waals surface area contributed by atoms with Gasteiger partial charge in [-0.3, -0.25) is 4.79 Å². The van der Waals surface area contributed by atoms with E-state index in [4.69, 9.17) is 26.1 Å². The number of halogens is 1. The Hall–Kier alpha value is -3.03. The number of carbonyl (C=O) groups excluding carboxylic acids is 2. The van der Waals surface area contributed by atoms with Crippen LogP contribution in [0.3, 0.4) is 0 Å². The monoisotopic (exact) mass is 586 g/mol. The van der Waals surface area contributed by atoms with Crippen LogP contribution in [0.25, 0.3) is 11.4 Å². The number of nitrogens with one attached hydrogen (secondary N) is 1. The number of urea groups is 1. The average molecular weight is 587 g/mol. The van der Waals surface area contributed by atoms with Gasteiger partial charge in [0.1, 0.15) is 17.6 Å². The molecule has 3 aromatic rings. The first-order valence-electron chi connectivity index (χ1n) is 12.3. The van der Waals surface area contributed by atoms with E-state index in [-0.39, 0.29) is 12.5 Å². The van der Waals surface area contributed by atoms with Crippen LogP contribution < -0.4 is 19.4 Å². The number of amides is 3. The van der Waals surface area contributed by atoms with Crippen molar-refractivity contribution in [1.29, 1.82) is 0 Å². The molecule has 0 unspecified atom stereocenters. The van der Waals surface area contributed by atoms with Crippen LogP contribution in [0.15, 0.2) is 53.4 Å². The topological polar surface area (TPSA) is 100 Å². The van der Waals surface area contributed by atoms with Crippen molar-refractivity contribution in [3.05, 3.63) is 53.7 Å². The van der Waals surface area contributed by atoms with Gasteiger partial charge in [-0.05, 0) is 54.8 Å². The SMILES string of the molecule is CSc1c(Cl)nc(-c2ccc(N(S)C(=O)Nc3ccc(N4CCOCC4=O)cc3)cc2)nc1N1CCOCC1. The first kappa shape index (κ1) is 27.5. The summed E-state index contributed by atoms with van der Waals surface area (Å²) in [6.07, 6.45) is 1.95. The van der Waals surface area contributed by atoms with Crippen LogP contribution in [0.5, 0.6) is 0 Å². The summed E-state index contributed by atoms with van der Waals surface area (Å²) in [7, 11) is 0. The second kappa shape index (κ2) is 12.4. The molecule has 39 heavy (non-hydrogen) atoms. The lowest BCUT2D eigenvalue weighted by molar-refractivity contribution is -0.125. The minimum absolute atomic E-state index is 0.0726. The molecule has 10 nitrogen and oxygen atoms in total. The molecule has 0 radical (unpaired) electrons. The number of hydrogen-bond donors (Lipinski definition) is 2. The van der Waals surface area contributed by atoms with Gasteiger partial charge in [-0.1, -0.05) is 24.4 Å². The number of aromatic nitrogens is 2. The van der Waals surface area contributed by atoms with E-state index in [0.29, 0.717) is 48.7 Å². The standard InChI is InChI=1S/C26H27ClN6O4S2/c1-39-22-23(27)29-24(30-25(22)31-10-13-36-14-11-31)17-2-6-20(7-3-17)33(38)26(35)28-18-4-8-19(9-5-18)32-12-15-37-16-21(32)34/h2-9,38H,10-16H2,1H3,(H,28,35). The smallest absolute Gasteiger partial charge is 0.336 e. The van der Waals surface area contributed by atoms with Gasteiger partial charge in [0.25, 0.3) is 5.91 Å². The van der Waals surface area contributed by atoms with Gasteiger partial charge in [0.05, 0.1) is 30.4 Å². The van der Waals surface area contributed by atoms with Gasteiger partial charge >= 0.3 is 6.03 Å². The Labute approximate surface area is 241 Å². The Morgan fingerprint density at radius 2 is 1.72 bits per heavy atom. The Balaban J connectivity index is 1.27. The molecule has 2 saturated heterocycles. The van der Waals surface area contributed by atoms with Crippen molar-refractivity contribution >= 4 is 71.0 Å². The first-order chi connectivity index (χ1) is 18.9. The summed E-state index contributed by atoms with van der Waals surface area (Å²) in [5, 5.41) is 3.21. The van der Waals surface area contributed by atoms with Gasteiger partial charge in [0.15, 0.2) is 5.82 Å². The largest absolute Gasteiger partial charge is 0.378 e. The number of anilines is 4. The third-order valence-electron chi connectivity index (χ3n) is 6.30. The van der Waals surface area contributed by atoms with Crippen LogP contribution in [-0.2, 0) is 14.3 Å². The van der Waals surface area contributed by atoms with Crippen molar-refractivity contribution < 1.29 is 19.1 Å². The number of carbonyl (C=O) groups is 2. The van der Waals surface area contributed by atoms with E-state index < -0.39 is 6.03 Å². The third kappa shape index (κ3) is 6.25. The maximum Gasteiger partial charge on any atom is 0.336 e. The highest BCUT2D eigenvalue weighted by Crippen LogP contribution is 2.35. The average Bonchev–Trinajstić information content (AvgIpc) is 2.97. The van der Waals surface area contributed by atoms with Crippen molar-refractivity contribution in [3.8, 4) is 11.4 Å². The fourth-order valence-electron chi connectivity index (χ4n) is 4.27. The van der Waals surface area contributed by atoms with E-state index in [1.807, 2.05) is 18.4 Å². The van der Waals surface area contributed by atoms with Crippen molar-refractivity contribution in [1.82, 2.24) is 9.97 Å². The van der Waals surface area contributed by atoms with Gasteiger partial charge in [0, 0.05) is 36.6 Å². The molecule has 0 spiro atoms.